The van der Waals surface area contributed by atoms with Gasteiger partial charge in [0.05, 0.1) is 51.8 Å². The van der Waals surface area contributed by atoms with Gasteiger partial charge in [0, 0.05) is 0 Å². The van der Waals surface area contributed by atoms with Gasteiger partial charge in [-0.15, -0.1) is 0 Å². The van der Waals surface area contributed by atoms with Crippen LogP contribution in [0, 0.1) is 0 Å². The molecule has 190 valence electrons. The molecule has 0 aliphatic carbocycles. The van der Waals surface area contributed by atoms with E-state index >= 15 is 0 Å². The van der Waals surface area contributed by atoms with Gasteiger partial charge in [0.1, 0.15) is 30.8 Å². The SMILES string of the molecule is CC(C)OCCOCc1ccc(OCC(O)COc2ccc(COCCOC(C)C)cc2)cc1. The number of aliphatic hydroxyl groups excluding tert-OH is 1. The predicted molar refractivity (Wildman–Crippen MR) is 131 cm³/mol. The molecular weight excluding hydrogens is 436 g/mol. The Labute approximate surface area is 203 Å². The summed E-state index contributed by atoms with van der Waals surface area (Å²) in [6.07, 6.45) is -0.313. The molecule has 0 radical (unpaired) electrons. The molecule has 0 aliphatic heterocycles. The van der Waals surface area contributed by atoms with E-state index in [0.717, 1.165) is 11.1 Å². The topological polar surface area (TPSA) is 75.6 Å². The second-order valence-corrected chi connectivity index (χ2v) is 8.51. The summed E-state index contributed by atoms with van der Waals surface area (Å²) in [5.41, 5.74) is 2.11. The second-order valence-electron chi connectivity index (χ2n) is 8.51. The molecule has 2 aromatic carbocycles. The van der Waals surface area contributed by atoms with E-state index < -0.39 is 6.10 Å². The maximum absolute atomic E-state index is 10.2. The van der Waals surface area contributed by atoms with Gasteiger partial charge in [0.2, 0.25) is 0 Å². The maximum Gasteiger partial charge on any atom is 0.122 e. The number of rotatable bonds is 18. The van der Waals surface area contributed by atoms with E-state index in [4.69, 9.17) is 28.4 Å². The zero-order valence-electron chi connectivity index (χ0n) is 20.9. The van der Waals surface area contributed by atoms with Crippen LogP contribution in [0.1, 0.15) is 38.8 Å². The Morgan fingerprint density at radius 2 is 0.971 bits per heavy atom. The lowest BCUT2D eigenvalue weighted by molar-refractivity contribution is 0.0142. The van der Waals surface area contributed by atoms with Crippen LogP contribution in [-0.4, -0.2) is 63.1 Å². The van der Waals surface area contributed by atoms with Crippen molar-refractivity contribution in [3.63, 3.8) is 0 Å². The highest BCUT2D eigenvalue weighted by molar-refractivity contribution is 5.27. The molecule has 0 spiro atoms. The van der Waals surface area contributed by atoms with E-state index in [-0.39, 0.29) is 25.4 Å². The van der Waals surface area contributed by atoms with Gasteiger partial charge in [-0.05, 0) is 63.1 Å². The smallest absolute Gasteiger partial charge is 0.122 e. The molecule has 2 aromatic rings. The third-order valence-electron chi connectivity index (χ3n) is 4.63. The Bertz CT molecular complexity index is 694. The minimum absolute atomic E-state index is 0.146. The van der Waals surface area contributed by atoms with Crippen LogP contribution < -0.4 is 9.47 Å². The molecule has 1 N–H and O–H groups in total. The third kappa shape index (κ3) is 12.9. The summed E-state index contributed by atoms with van der Waals surface area (Å²) in [6.45, 7) is 11.7. The zero-order chi connectivity index (χ0) is 24.6. The first kappa shape index (κ1) is 28.1. The van der Waals surface area contributed by atoms with Crippen molar-refractivity contribution in [1.29, 1.82) is 0 Å². The standard InChI is InChI=1S/C27H40O7/c1-21(2)31-15-13-29-17-23-5-9-26(10-6-23)33-19-25(28)20-34-27-11-7-24(8-12-27)18-30-14-16-32-22(3)4/h5-12,21-22,25,28H,13-20H2,1-4H3. The molecular formula is C27H40O7. The van der Waals surface area contributed by atoms with Crippen LogP contribution in [0.25, 0.3) is 0 Å². The number of benzene rings is 2. The maximum atomic E-state index is 10.2. The van der Waals surface area contributed by atoms with E-state index in [1.807, 2.05) is 76.2 Å². The molecule has 0 bridgehead atoms. The van der Waals surface area contributed by atoms with Crippen LogP contribution >= 0.6 is 0 Å². The van der Waals surface area contributed by atoms with Crippen molar-refractivity contribution < 1.29 is 33.5 Å². The monoisotopic (exact) mass is 476 g/mol. The highest BCUT2D eigenvalue weighted by Crippen LogP contribution is 2.15. The number of hydrogen-bond donors (Lipinski definition) is 1. The molecule has 7 nitrogen and oxygen atoms in total. The Morgan fingerprint density at radius 1 is 0.588 bits per heavy atom. The lowest BCUT2D eigenvalue weighted by Gasteiger charge is -2.14. The van der Waals surface area contributed by atoms with Gasteiger partial charge in [0.15, 0.2) is 0 Å². The van der Waals surface area contributed by atoms with Crippen molar-refractivity contribution in [2.75, 3.05) is 39.6 Å². The van der Waals surface area contributed by atoms with Gasteiger partial charge < -0.3 is 33.5 Å². The molecule has 0 atom stereocenters. The molecule has 0 aromatic heterocycles. The fourth-order valence-electron chi connectivity index (χ4n) is 2.86. The minimum Gasteiger partial charge on any atom is -0.491 e. The van der Waals surface area contributed by atoms with Crippen LogP contribution in [0.15, 0.2) is 48.5 Å². The summed E-state index contributed by atoms with van der Waals surface area (Å²) >= 11 is 0. The summed E-state index contributed by atoms with van der Waals surface area (Å²) in [6, 6.07) is 15.3. The minimum atomic E-state index is -0.743. The molecule has 0 amide bonds. The summed E-state index contributed by atoms with van der Waals surface area (Å²) < 4.78 is 33.4. The quantitative estimate of drug-likeness (QED) is 0.320. The van der Waals surface area contributed by atoms with Crippen LogP contribution in [-0.2, 0) is 32.2 Å². The van der Waals surface area contributed by atoms with Gasteiger partial charge >= 0.3 is 0 Å². The number of hydrogen-bond acceptors (Lipinski definition) is 7. The van der Waals surface area contributed by atoms with Crippen LogP contribution in [0.4, 0.5) is 0 Å². The van der Waals surface area contributed by atoms with Gasteiger partial charge in [-0.2, -0.15) is 0 Å². The van der Waals surface area contributed by atoms with E-state index in [1.54, 1.807) is 0 Å². The summed E-state index contributed by atoms with van der Waals surface area (Å²) in [5, 5.41) is 10.2. The molecule has 0 heterocycles. The fourth-order valence-corrected chi connectivity index (χ4v) is 2.86. The average molecular weight is 477 g/mol. The predicted octanol–water partition coefficient (Wildman–Crippen LogP) is 4.39. The average Bonchev–Trinajstić information content (AvgIpc) is 2.82. The van der Waals surface area contributed by atoms with Crippen molar-refractivity contribution in [2.24, 2.45) is 0 Å². The van der Waals surface area contributed by atoms with Crippen molar-refractivity contribution in [1.82, 2.24) is 0 Å². The molecule has 0 fully saturated rings. The van der Waals surface area contributed by atoms with E-state index in [2.05, 4.69) is 0 Å². The van der Waals surface area contributed by atoms with Crippen LogP contribution in [0.2, 0.25) is 0 Å². The first-order chi connectivity index (χ1) is 16.4. The summed E-state index contributed by atoms with van der Waals surface area (Å²) in [7, 11) is 0. The lowest BCUT2D eigenvalue weighted by Crippen LogP contribution is -2.25. The third-order valence-corrected chi connectivity index (χ3v) is 4.63. The Kier molecular flexibility index (Phi) is 13.6. The largest absolute Gasteiger partial charge is 0.491 e. The van der Waals surface area contributed by atoms with Crippen molar-refractivity contribution in [2.45, 2.75) is 59.2 Å². The number of ether oxygens (including phenoxy) is 6. The normalized spacial score (nSPS) is 11.5. The fraction of sp³-hybridized carbons (Fsp3) is 0.556. The van der Waals surface area contributed by atoms with Crippen molar-refractivity contribution in [3.8, 4) is 11.5 Å². The molecule has 0 unspecified atom stereocenters. The van der Waals surface area contributed by atoms with Gasteiger partial charge in [-0.3, -0.25) is 0 Å². The highest BCUT2D eigenvalue weighted by Gasteiger charge is 2.07. The van der Waals surface area contributed by atoms with E-state index in [1.165, 1.54) is 0 Å². The molecule has 34 heavy (non-hydrogen) atoms. The molecule has 0 saturated heterocycles. The second kappa shape index (κ2) is 16.5. The van der Waals surface area contributed by atoms with E-state index in [9.17, 15) is 5.11 Å². The van der Waals surface area contributed by atoms with Gasteiger partial charge in [-0.25, -0.2) is 0 Å². The first-order valence-electron chi connectivity index (χ1n) is 11.9. The lowest BCUT2D eigenvalue weighted by atomic mass is 10.2. The zero-order valence-corrected chi connectivity index (χ0v) is 20.9. The van der Waals surface area contributed by atoms with Crippen LogP contribution in [0.5, 0.6) is 11.5 Å². The van der Waals surface area contributed by atoms with Crippen molar-refractivity contribution >= 4 is 0 Å². The molecule has 0 aliphatic rings. The Balaban J connectivity index is 1.59. The number of aliphatic hydroxyl groups is 1. The molecule has 0 saturated carbocycles. The van der Waals surface area contributed by atoms with Gasteiger partial charge in [0.25, 0.3) is 0 Å². The van der Waals surface area contributed by atoms with Gasteiger partial charge in [-0.1, -0.05) is 24.3 Å². The Morgan fingerprint density at radius 3 is 1.32 bits per heavy atom. The van der Waals surface area contributed by atoms with E-state index in [0.29, 0.717) is 51.1 Å². The van der Waals surface area contributed by atoms with Crippen LogP contribution in [0.3, 0.4) is 0 Å². The molecule has 7 heteroatoms. The first-order valence-corrected chi connectivity index (χ1v) is 11.9. The highest BCUT2D eigenvalue weighted by atomic mass is 16.5. The summed E-state index contributed by atoms with van der Waals surface area (Å²) in [4.78, 5) is 0. The molecule has 2 rings (SSSR count). The Hall–Kier alpha value is -2.16. The van der Waals surface area contributed by atoms with Crippen molar-refractivity contribution in [3.05, 3.63) is 59.7 Å². The summed E-state index contributed by atoms with van der Waals surface area (Å²) in [5.74, 6) is 1.38.